The highest BCUT2D eigenvalue weighted by atomic mass is 16.5. The molecule has 0 fully saturated rings. The van der Waals surface area contributed by atoms with Crippen LogP contribution >= 0.6 is 0 Å². The second-order valence-electron chi connectivity index (χ2n) is 7.73. The van der Waals surface area contributed by atoms with Gasteiger partial charge in [0.1, 0.15) is 6.54 Å². The smallest absolute Gasteiger partial charge is 0.258 e. The molecule has 2 amide bonds. The fourth-order valence-electron chi connectivity index (χ4n) is 3.54. The number of anilines is 1. The summed E-state index contributed by atoms with van der Waals surface area (Å²) in [5.41, 5.74) is 4.10. The van der Waals surface area contributed by atoms with Crippen LogP contribution in [0.3, 0.4) is 0 Å². The summed E-state index contributed by atoms with van der Waals surface area (Å²) in [6.07, 6.45) is 3.34. The quantitative estimate of drug-likeness (QED) is 0.427. The van der Waals surface area contributed by atoms with E-state index in [1.807, 2.05) is 38.1 Å². The highest BCUT2D eigenvalue weighted by molar-refractivity contribution is 5.90. The summed E-state index contributed by atoms with van der Waals surface area (Å²) in [6.45, 7) is 4.15. The second-order valence-corrected chi connectivity index (χ2v) is 7.73. The minimum Gasteiger partial charge on any atom is -0.466 e. The molecule has 0 aliphatic rings. The molecular formula is C23H25N7O3. The third-order valence-corrected chi connectivity index (χ3v) is 4.99. The fraction of sp³-hybridized carbons (Fsp3) is 0.261. The van der Waals surface area contributed by atoms with Crippen LogP contribution in [0, 0.1) is 13.8 Å². The summed E-state index contributed by atoms with van der Waals surface area (Å²) in [7, 11) is 1.79. The number of nitrogens with one attached hydrogen (secondary N) is 2. The number of carbonyl (C=O) groups is 2. The van der Waals surface area contributed by atoms with Gasteiger partial charge in [-0.25, -0.2) is 9.67 Å². The molecule has 10 nitrogen and oxygen atoms in total. The van der Waals surface area contributed by atoms with Gasteiger partial charge < -0.3 is 15.4 Å². The van der Waals surface area contributed by atoms with Crippen LogP contribution in [-0.4, -0.2) is 43.0 Å². The Balaban J connectivity index is 1.31. The van der Waals surface area contributed by atoms with Crippen molar-refractivity contribution in [3.05, 3.63) is 65.6 Å². The van der Waals surface area contributed by atoms with Gasteiger partial charge >= 0.3 is 0 Å². The van der Waals surface area contributed by atoms with Gasteiger partial charge in [0, 0.05) is 37.4 Å². The Labute approximate surface area is 190 Å². The van der Waals surface area contributed by atoms with Gasteiger partial charge in [-0.15, -0.1) is 5.10 Å². The molecule has 0 radical (unpaired) electrons. The van der Waals surface area contributed by atoms with Crippen molar-refractivity contribution in [2.45, 2.75) is 26.9 Å². The fourth-order valence-corrected chi connectivity index (χ4v) is 3.54. The first kappa shape index (κ1) is 22.0. The number of rotatable bonds is 8. The Morgan fingerprint density at radius 1 is 1.12 bits per heavy atom. The summed E-state index contributed by atoms with van der Waals surface area (Å²) in [6, 6.07) is 11.0. The largest absolute Gasteiger partial charge is 0.466 e. The highest BCUT2D eigenvalue weighted by Crippen LogP contribution is 2.26. The molecule has 0 saturated carbocycles. The van der Waals surface area contributed by atoms with Gasteiger partial charge in [-0.2, -0.15) is 5.10 Å². The number of amides is 2. The summed E-state index contributed by atoms with van der Waals surface area (Å²) < 4.78 is 8.88. The predicted molar refractivity (Wildman–Crippen MR) is 123 cm³/mol. The number of aromatic nitrogens is 5. The van der Waals surface area contributed by atoms with Crippen molar-refractivity contribution in [3.8, 4) is 5.88 Å². The van der Waals surface area contributed by atoms with Crippen molar-refractivity contribution in [1.29, 1.82) is 0 Å². The maximum absolute atomic E-state index is 12.3. The molecule has 33 heavy (non-hydrogen) atoms. The topological polar surface area (TPSA) is 116 Å². The van der Waals surface area contributed by atoms with E-state index in [4.69, 9.17) is 4.74 Å². The first-order valence-electron chi connectivity index (χ1n) is 10.5. The number of ether oxygens (including phenoxy) is 1. The maximum atomic E-state index is 12.3. The molecule has 10 heteroatoms. The number of pyridine rings is 1. The molecule has 0 aliphatic carbocycles. The Kier molecular flexibility index (Phi) is 6.34. The van der Waals surface area contributed by atoms with E-state index in [0.717, 1.165) is 22.2 Å². The number of hydrogen-bond acceptors (Lipinski definition) is 6. The first-order valence-corrected chi connectivity index (χ1v) is 10.5. The zero-order valence-corrected chi connectivity index (χ0v) is 18.7. The molecule has 0 bridgehead atoms. The van der Waals surface area contributed by atoms with Crippen molar-refractivity contribution < 1.29 is 14.3 Å². The van der Waals surface area contributed by atoms with E-state index in [1.165, 1.54) is 0 Å². The summed E-state index contributed by atoms with van der Waals surface area (Å²) in [4.78, 5) is 29.0. The number of hydrogen-bond donors (Lipinski definition) is 2. The Hall–Kier alpha value is -4.21. The van der Waals surface area contributed by atoms with Crippen molar-refractivity contribution >= 4 is 28.5 Å². The molecule has 170 valence electrons. The number of carbonyl (C=O) groups excluding carboxylic acids is 2. The number of nitrogens with zero attached hydrogens (tertiary/aromatic N) is 5. The Bertz CT molecular complexity index is 1300. The molecule has 4 aromatic rings. The minimum absolute atomic E-state index is 0.127. The summed E-state index contributed by atoms with van der Waals surface area (Å²) in [5, 5.41) is 14.8. The predicted octanol–water partition coefficient (Wildman–Crippen LogP) is 2.12. The van der Waals surface area contributed by atoms with Crippen LogP contribution in [0.1, 0.15) is 16.8 Å². The van der Waals surface area contributed by atoms with Crippen molar-refractivity contribution in [3.63, 3.8) is 0 Å². The van der Waals surface area contributed by atoms with Gasteiger partial charge in [-0.05, 0) is 49.2 Å². The zero-order chi connectivity index (χ0) is 23.4. The molecule has 4 rings (SSSR count). The number of fused-ring (bicyclic) bond motifs is 1. The SMILES string of the molecule is Cc1cc(C)c2c(OCC(=O)NCc3cccc(NC(=O)Cn4cccn4)c3)nn(C)c2n1. The average Bonchev–Trinajstić information content (AvgIpc) is 3.39. The van der Waals surface area contributed by atoms with Crippen LogP contribution < -0.4 is 15.4 Å². The normalized spacial score (nSPS) is 10.9. The second kappa shape index (κ2) is 9.51. The van der Waals surface area contributed by atoms with Crippen molar-refractivity contribution in [1.82, 2.24) is 29.9 Å². The van der Waals surface area contributed by atoms with Gasteiger partial charge in [-0.3, -0.25) is 14.3 Å². The zero-order valence-electron chi connectivity index (χ0n) is 18.7. The van der Waals surface area contributed by atoms with Crippen LogP contribution in [0.25, 0.3) is 11.0 Å². The standard InChI is InChI=1S/C23H25N7O3/c1-15-10-16(2)26-22-21(15)23(28-29(22)3)33-14-20(32)24-12-17-6-4-7-18(11-17)27-19(31)13-30-9-5-8-25-30/h4-11H,12-14H2,1-3H3,(H,24,32)(H,27,31). The van der Waals surface area contributed by atoms with Gasteiger partial charge in [0.15, 0.2) is 12.3 Å². The van der Waals surface area contributed by atoms with Crippen LogP contribution in [-0.2, 0) is 29.7 Å². The summed E-state index contributed by atoms with van der Waals surface area (Å²) >= 11 is 0. The molecule has 0 saturated heterocycles. The Morgan fingerprint density at radius 3 is 2.76 bits per heavy atom. The van der Waals surface area contributed by atoms with Gasteiger partial charge in [0.05, 0.1) is 5.39 Å². The minimum atomic E-state index is -0.278. The lowest BCUT2D eigenvalue weighted by molar-refractivity contribution is -0.123. The lowest BCUT2D eigenvalue weighted by atomic mass is 10.2. The molecule has 0 unspecified atom stereocenters. The van der Waals surface area contributed by atoms with E-state index in [9.17, 15) is 9.59 Å². The van der Waals surface area contributed by atoms with Crippen LogP contribution in [0.5, 0.6) is 5.88 Å². The van der Waals surface area contributed by atoms with Gasteiger partial charge in [0.2, 0.25) is 11.8 Å². The third kappa shape index (κ3) is 5.35. The molecule has 0 aliphatic heterocycles. The molecule has 0 spiro atoms. The van der Waals surface area contributed by atoms with Crippen molar-refractivity contribution in [2.24, 2.45) is 7.05 Å². The molecule has 2 N–H and O–H groups in total. The van der Waals surface area contributed by atoms with E-state index < -0.39 is 0 Å². The highest BCUT2D eigenvalue weighted by Gasteiger charge is 2.15. The molecule has 1 aromatic carbocycles. The molecule has 3 heterocycles. The molecule has 0 atom stereocenters. The summed E-state index contributed by atoms with van der Waals surface area (Å²) in [5.74, 6) is -0.0787. The molecular weight excluding hydrogens is 422 g/mol. The Morgan fingerprint density at radius 2 is 1.97 bits per heavy atom. The van der Waals surface area contributed by atoms with Crippen molar-refractivity contribution in [2.75, 3.05) is 11.9 Å². The van der Waals surface area contributed by atoms with Crippen LogP contribution in [0.4, 0.5) is 5.69 Å². The van der Waals surface area contributed by atoms with E-state index >= 15 is 0 Å². The van der Waals surface area contributed by atoms with Crippen LogP contribution in [0.15, 0.2) is 48.8 Å². The van der Waals surface area contributed by atoms with Gasteiger partial charge in [0.25, 0.3) is 5.91 Å². The van der Waals surface area contributed by atoms with E-state index in [0.29, 0.717) is 23.8 Å². The number of benzene rings is 1. The average molecular weight is 447 g/mol. The molecule has 3 aromatic heterocycles. The monoisotopic (exact) mass is 447 g/mol. The maximum Gasteiger partial charge on any atom is 0.258 e. The number of aryl methyl sites for hydroxylation is 3. The lowest BCUT2D eigenvalue weighted by Crippen LogP contribution is -2.28. The van der Waals surface area contributed by atoms with E-state index in [2.05, 4.69) is 25.8 Å². The van der Waals surface area contributed by atoms with Crippen LogP contribution in [0.2, 0.25) is 0 Å². The third-order valence-electron chi connectivity index (χ3n) is 4.99. The van der Waals surface area contributed by atoms with E-state index in [1.54, 1.807) is 40.9 Å². The lowest BCUT2D eigenvalue weighted by Gasteiger charge is -2.09. The van der Waals surface area contributed by atoms with E-state index in [-0.39, 0.29) is 25.0 Å². The first-order chi connectivity index (χ1) is 15.9. The van der Waals surface area contributed by atoms with Gasteiger partial charge in [-0.1, -0.05) is 12.1 Å².